The van der Waals surface area contributed by atoms with Crippen molar-refractivity contribution in [2.75, 3.05) is 33.2 Å². The van der Waals surface area contributed by atoms with Crippen molar-refractivity contribution in [2.24, 2.45) is 17.3 Å². The number of hydrogen-bond acceptors (Lipinski definition) is 4. The monoisotopic (exact) mass is 375 g/mol. The highest BCUT2D eigenvalue weighted by Gasteiger charge is 2.59. The molecule has 6 heteroatoms. The zero-order valence-corrected chi connectivity index (χ0v) is 16.5. The third-order valence-corrected chi connectivity index (χ3v) is 8.21. The second-order valence-electron chi connectivity index (χ2n) is 10.00. The molecule has 6 nitrogen and oxygen atoms in total. The van der Waals surface area contributed by atoms with Gasteiger partial charge in [0.1, 0.15) is 12.1 Å². The third kappa shape index (κ3) is 3.09. The predicted octanol–water partition coefficient (Wildman–Crippen LogP) is 1.65. The number of likely N-dealkylation sites (tertiary alicyclic amines) is 2. The molecule has 1 spiro atoms. The average molecular weight is 376 g/mol. The Balaban J connectivity index is 1.22. The van der Waals surface area contributed by atoms with E-state index in [9.17, 15) is 14.7 Å². The number of carbonyl (C=O) groups excluding carboxylic acids is 1. The standard InChI is InChI=1S/C21H33N3O3/c1-22-16(15-6-7-15)18(22)19(25)24-11-9-21(13-24)8-10-23(12-21)17(20(26)27)14-4-2-3-5-14/h14-18H,2-13H2,1H3,(H,26,27)/t16-,17+,18?,21+,22?/m1/s1. The Kier molecular flexibility index (Phi) is 4.28. The molecular formula is C21H33N3O3. The Morgan fingerprint density at radius 3 is 2.41 bits per heavy atom. The van der Waals surface area contributed by atoms with Crippen molar-refractivity contribution in [3.8, 4) is 0 Å². The number of likely N-dealkylation sites (N-methyl/N-ethyl adjacent to an activating group) is 1. The van der Waals surface area contributed by atoms with Gasteiger partial charge in [0, 0.05) is 31.1 Å². The summed E-state index contributed by atoms with van der Waals surface area (Å²) in [4.78, 5) is 31.6. The van der Waals surface area contributed by atoms with Crippen molar-refractivity contribution < 1.29 is 14.7 Å². The number of nitrogens with zero attached hydrogens (tertiary/aromatic N) is 3. The van der Waals surface area contributed by atoms with Crippen LogP contribution in [0.25, 0.3) is 0 Å². The number of amides is 1. The molecule has 0 aromatic rings. The van der Waals surface area contributed by atoms with Gasteiger partial charge in [0.15, 0.2) is 0 Å². The van der Waals surface area contributed by atoms with E-state index in [1.165, 1.54) is 25.7 Å². The topological polar surface area (TPSA) is 63.9 Å². The Morgan fingerprint density at radius 1 is 1.04 bits per heavy atom. The largest absolute Gasteiger partial charge is 0.480 e. The van der Waals surface area contributed by atoms with E-state index < -0.39 is 5.97 Å². The van der Waals surface area contributed by atoms with Crippen molar-refractivity contribution in [1.82, 2.24) is 14.7 Å². The van der Waals surface area contributed by atoms with Crippen LogP contribution in [0, 0.1) is 17.3 Å². The molecular weight excluding hydrogens is 342 g/mol. The van der Waals surface area contributed by atoms with Crippen LogP contribution in [0.3, 0.4) is 0 Å². The summed E-state index contributed by atoms with van der Waals surface area (Å²) in [6, 6.07) is 0.300. The first kappa shape index (κ1) is 17.9. The fourth-order valence-electron chi connectivity index (χ4n) is 6.49. The molecule has 5 aliphatic rings. The zero-order valence-electron chi connectivity index (χ0n) is 16.5. The van der Waals surface area contributed by atoms with Gasteiger partial charge in [-0.2, -0.15) is 0 Å². The van der Waals surface area contributed by atoms with Crippen LogP contribution in [0.2, 0.25) is 0 Å². The fourth-order valence-corrected chi connectivity index (χ4v) is 6.49. The van der Waals surface area contributed by atoms with Crippen LogP contribution < -0.4 is 0 Å². The lowest BCUT2D eigenvalue weighted by molar-refractivity contribution is -0.145. The van der Waals surface area contributed by atoms with Crippen LogP contribution in [0.4, 0.5) is 0 Å². The molecule has 0 radical (unpaired) electrons. The number of aliphatic carboxylic acids is 1. The van der Waals surface area contributed by atoms with E-state index >= 15 is 0 Å². The summed E-state index contributed by atoms with van der Waals surface area (Å²) in [6.07, 6.45) is 9.12. The number of carboxylic acids is 1. The molecule has 0 aromatic carbocycles. The van der Waals surface area contributed by atoms with Gasteiger partial charge in [-0.15, -0.1) is 0 Å². The van der Waals surface area contributed by atoms with Gasteiger partial charge in [0.2, 0.25) is 5.91 Å². The van der Waals surface area contributed by atoms with Crippen LogP contribution in [-0.4, -0.2) is 83.0 Å². The Labute approximate surface area is 161 Å². The van der Waals surface area contributed by atoms with Gasteiger partial charge in [-0.1, -0.05) is 12.8 Å². The lowest BCUT2D eigenvalue weighted by atomic mass is 9.86. The van der Waals surface area contributed by atoms with Crippen molar-refractivity contribution in [3.05, 3.63) is 0 Å². The molecule has 0 bridgehead atoms. The smallest absolute Gasteiger partial charge is 0.321 e. The molecule has 27 heavy (non-hydrogen) atoms. The minimum absolute atomic E-state index is 0.121. The maximum atomic E-state index is 13.0. The van der Waals surface area contributed by atoms with Gasteiger partial charge >= 0.3 is 5.97 Å². The minimum Gasteiger partial charge on any atom is -0.480 e. The summed E-state index contributed by atoms with van der Waals surface area (Å²) in [5.41, 5.74) is 0.129. The molecule has 3 heterocycles. The lowest BCUT2D eigenvalue weighted by Crippen LogP contribution is -2.46. The number of hydrogen-bond donors (Lipinski definition) is 1. The number of carboxylic acid groups (broad SMARTS) is 1. The quantitative estimate of drug-likeness (QED) is 0.740. The van der Waals surface area contributed by atoms with E-state index in [1.807, 2.05) is 0 Å². The SMILES string of the molecule is CN1C(C(=O)N2CC[C@]3(CCN([C@H](C(=O)O)C4CCCC4)C3)C2)[C@H]1C1CC1. The van der Waals surface area contributed by atoms with Gasteiger partial charge in [-0.05, 0) is 64.0 Å². The summed E-state index contributed by atoms with van der Waals surface area (Å²) >= 11 is 0. The van der Waals surface area contributed by atoms with Crippen LogP contribution >= 0.6 is 0 Å². The zero-order chi connectivity index (χ0) is 18.8. The van der Waals surface area contributed by atoms with Gasteiger partial charge in [-0.25, -0.2) is 0 Å². The van der Waals surface area contributed by atoms with Gasteiger partial charge in [0.25, 0.3) is 0 Å². The summed E-state index contributed by atoms with van der Waals surface area (Å²) in [6.45, 7) is 3.43. The Hall–Kier alpha value is -1.14. The summed E-state index contributed by atoms with van der Waals surface area (Å²) in [7, 11) is 2.09. The van der Waals surface area contributed by atoms with Crippen LogP contribution in [-0.2, 0) is 9.59 Å². The first-order valence-electron chi connectivity index (χ1n) is 11.0. The molecule has 5 fully saturated rings. The van der Waals surface area contributed by atoms with Crippen molar-refractivity contribution in [3.63, 3.8) is 0 Å². The van der Waals surface area contributed by atoms with Gasteiger partial charge in [0.05, 0.1) is 0 Å². The lowest BCUT2D eigenvalue weighted by Gasteiger charge is -2.31. The average Bonchev–Trinajstić information content (AvgIpc) is 3.36. The van der Waals surface area contributed by atoms with E-state index in [0.29, 0.717) is 17.9 Å². The first-order valence-corrected chi connectivity index (χ1v) is 11.0. The highest BCUT2D eigenvalue weighted by molar-refractivity contribution is 5.86. The summed E-state index contributed by atoms with van der Waals surface area (Å²) < 4.78 is 0. The van der Waals surface area contributed by atoms with E-state index in [4.69, 9.17) is 0 Å². The second-order valence-corrected chi connectivity index (χ2v) is 10.00. The fraction of sp³-hybridized carbons (Fsp3) is 0.905. The van der Waals surface area contributed by atoms with Crippen LogP contribution in [0.1, 0.15) is 51.4 Å². The van der Waals surface area contributed by atoms with Gasteiger partial charge < -0.3 is 10.0 Å². The maximum Gasteiger partial charge on any atom is 0.321 e. The molecule has 3 aliphatic heterocycles. The van der Waals surface area contributed by atoms with Crippen molar-refractivity contribution in [2.45, 2.75) is 69.5 Å². The molecule has 2 aliphatic carbocycles. The van der Waals surface area contributed by atoms with E-state index in [1.54, 1.807) is 0 Å². The molecule has 150 valence electrons. The summed E-state index contributed by atoms with van der Waals surface area (Å²) in [5, 5.41) is 9.85. The van der Waals surface area contributed by atoms with Crippen LogP contribution in [0.15, 0.2) is 0 Å². The number of carbonyl (C=O) groups is 2. The molecule has 5 atom stereocenters. The minimum atomic E-state index is -0.642. The molecule has 0 aromatic heterocycles. The van der Waals surface area contributed by atoms with E-state index in [0.717, 1.165) is 57.8 Å². The van der Waals surface area contributed by atoms with Gasteiger partial charge in [-0.3, -0.25) is 19.4 Å². The molecule has 2 unspecified atom stereocenters. The van der Waals surface area contributed by atoms with Crippen molar-refractivity contribution >= 4 is 11.9 Å². The molecule has 2 saturated carbocycles. The maximum absolute atomic E-state index is 13.0. The van der Waals surface area contributed by atoms with Crippen molar-refractivity contribution in [1.29, 1.82) is 0 Å². The molecule has 3 saturated heterocycles. The van der Waals surface area contributed by atoms with E-state index in [-0.39, 0.29) is 17.5 Å². The highest BCUT2D eigenvalue weighted by atomic mass is 16.4. The summed E-state index contributed by atoms with van der Waals surface area (Å²) in [5.74, 6) is 0.758. The molecule has 5 rings (SSSR count). The Morgan fingerprint density at radius 2 is 1.74 bits per heavy atom. The molecule has 1 amide bonds. The third-order valence-electron chi connectivity index (χ3n) is 8.21. The van der Waals surface area contributed by atoms with E-state index in [2.05, 4.69) is 21.7 Å². The first-order chi connectivity index (χ1) is 13.0. The second kappa shape index (κ2) is 6.45. The Bertz CT molecular complexity index is 630. The predicted molar refractivity (Wildman–Crippen MR) is 101 cm³/mol. The highest BCUT2D eigenvalue weighted by Crippen LogP contribution is 2.48. The molecule has 1 N–H and O–H groups in total. The normalized spacial score (nSPS) is 40.8. The van der Waals surface area contributed by atoms with Crippen LogP contribution in [0.5, 0.6) is 0 Å². The number of rotatable bonds is 5.